The average molecular weight is 333 g/mol. The van der Waals surface area contributed by atoms with Gasteiger partial charge in [0.25, 0.3) is 0 Å². The van der Waals surface area contributed by atoms with Gasteiger partial charge in [0, 0.05) is 0 Å². The number of fused-ring (bicyclic) bond motifs is 5. The van der Waals surface area contributed by atoms with E-state index in [1.807, 2.05) is 42.5 Å². The second-order valence-electron chi connectivity index (χ2n) is 7.31. The molecule has 2 aromatic carbocycles. The van der Waals surface area contributed by atoms with Gasteiger partial charge >= 0.3 is 0 Å². The highest BCUT2D eigenvalue weighted by molar-refractivity contribution is 6.22. The molecule has 0 N–H and O–H groups in total. The molecule has 0 aromatic heterocycles. The largest absolute Gasteiger partial charge is 0.457 e. The lowest BCUT2D eigenvalue weighted by molar-refractivity contribution is -0.123. The van der Waals surface area contributed by atoms with E-state index in [4.69, 9.17) is 4.74 Å². The number of anilines is 1. The van der Waals surface area contributed by atoms with Crippen LogP contribution in [0.25, 0.3) is 0 Å². The number of hydrogen-bond acceptors (Lipinski definition) is 3. The first-order valence-corrected chi connectivity index (χ1v) is 8.93. The van der Waals surface area contributed by atoms with Crippen molar-refractivity contribution in [3.63, 3.8) is 0 Å². The van der Waals surface area contributed by atoms with E-state index in [1.54, 1.807) is 12.1 Å². The summed E-state index contributed by atoms with van der Waals surface area (Å²) in [5.74, 6) is 2.12. The van der Waals surface area contributed by atoms with Crippen molar-refractivity contribution in [3.05, 3.63) is 54.6 Å². The molecule has 3 aliphatic rings. The SMILES string of the molecule is O=C1[C@@H]2[C@@H]3CC[C@@H](C3)[C@@H]2C(=O)N1c1ccc(Oc2ccccc2)cc1. The molecule has 0 unspecified atom stereocenters. The molecular formula is C21H19NO3. The molecule has 2 aliphatic carbocycles. The number of nitrogens with zero attached hydrogens (tertiary/aromatic N) is 1. The Bertz CT molecular complexity index is 802. The fourth-order valence-electron chi connectivity index (χ4n) is 4.95. The van der Waals surface area contributed by atoms with Crippen molar-refractivity contribution in [1.29, 1.82) is 0 Å². The summed E-state index contributed by atoms with van der Waals surface area (Å²) in [5.41, 5.74) is 0.657. The molecule has 2 amide bonds. The molecule has 4 atom stereocenters. The fraction of sp³-hybridized carbons (Fsp3) is 0.333. The van der Waals surface area contributed by atoms with Crippen molar-refractivity contribution in [2.75, 3.05) is 4.90 Å². The predicted octanol–water partition coefficient (Wildman–Crippen LogP) is 4.01. The molecule has 2 aromatic rings. The van der Waals surface area contributed by atoms with E-state index >= 15 is 0 Å². The quantitative estimate of drug-likeness (QED) is 0.797. The van der Waals surface area contributed by atoms with Gasteiger partial charge in [-0.3, -0.25) is 14.5 Å². The number of benzene rings is 2. The highest BCUT2D eigenvalue weighted by Gasteiger charge is 2.61. The summed E-state index contributed by atoms with van der Waals surface area (Å²) < 4.78 is 5.78. The topological polar surface area (TPSA) is 46.6 Å². The Labute approximate surface area is 146 Å². The second-order valence-corrected chi connectivity index (χ2v) is 7.31. The van der Waals surface area contributed by atoms with Crippen LogP contribution in [-0.2, 0) is 9.59 Å². The minimum absolute atomic E-state index is 0.000993. The Morgan fingerprint density at radius 2 is 1.32 bits per heavy atom. The molecule has 3 fully saturated rings. The van der Waals surface area contributed by atoms with Crippen LogP contribution in [0.3, 0.4) is 0 Å². The summed E-state index contributed by atoms with van der Waals surface area (Å²) in [6, 6.07) is 16.8. The molecule has 1 heterocycles. The van der Waals surface area contributed by atoms with Gasteiger partial charge in [-0.25, -0.2) is 0 Å². The number of carbonyl (C=O) groups excluding carboxylic acids is 2. The van der Waals surface area contributed by atoms with Crippen LogP contribution in [-0.4, -0.2) is 11.8 Å². The molecule has 1 saturated heterocycles. The van der Waals surface area contributed by atoms with E-state index in [1.165, 1.54) is 4.90 Å². The van der Waals surface area contributed by atoms with Crippen molar-refractivity contribution >= 4 is 17.5 Å². The minimum Gasteiger partial charge on any atom is -0.457 e. The van der Waals surface area contributed by atoms with Gasteiger partial charge < -0.3 is 4.74 Å². The van der Waals surface area contributed by atoms with Crippen molar-refractivity contribution in [2.24, 2.45) is 23.7 Å². The van der Waals surface area contributed by atoms with Crippen molar-refractivity contribution in [2.45, 2.75) is 19.3 Å². The predicted molar refractivity (Wildman–Crippen MR) is 93.3 cm³/mol. The maximum Gasteiger partial charge on any atom is 0.237 e. The van der Waals surface area contributed by atoms with E-state index < -0.39 is 0 Å². The number of para-hydroxylation sites is 1. The van der Waals surface area contributed by atoms with Gasteiger partial charge in [-0.2, -0.15) is 0 Å². The molecule has 2 bridgehead atoms. The van der Waals surface area contributed by atoms with Crippen molar-refractivity contribution in [1.82, 2.24) is 0 Å². The van der Waals surface area contributed by atoms with E-state index in [9.17, 15) is 9.59 Å². The Morgan fingerprint density at radius 3 is 1.92 bits per heavy atom. The Balaban J connectivity index is 1.39. The van der Waals surface area contributed by atoms with E-state index in [0.29, 0.717) is 23.3 Å². The number of amides is 2. The van der Waals surface area contributed by atoms with Crippen LogP contribution in [0, 0.1) is 23.7 Å². The van der Waals surface area contributed by atoms with Gasteiger partial charge in [0.15, 0.2) is 0 Å². The monoisotopic (exact) mass is 333 g/mol. The summed E-state index contributed by atoms with van der Waals surface area (Å²) in [6.45, 7) is 0. The zero-order valence-corrected chi connectivity index (χ0v) is 13.8. The third kappa shape index (κ3) is 2.20. The zero-order valence-electron chi connectivity index (χ0n) is 13.8. The van der Waals surface area contributed by atoms with Gasteiger partial charge in [0.2, 0.25) is 11.8 Å². The Kier molecular flexibility index (Phi) is 3.20. The number of rotatable bonds is 3. The van der Waals surface area contributed by atoms with Gasteiger partial charge in [0.1, 0.15) is 11.5 Å². The summed E-state index contributed by atoms with van der Waals surface area (Å²) in [6.07, 6.45) is 3.26. The summed E-state index contributed by atoms with van der Waals surface area (Å²) >= 11 is 0. The third-order valence-electron chi connectivity index (χ3n) is 6.00. The zero-order chi connectivity index (χ0) is 17.0. The highest BCUT2D eigenvalue weighted by atomic mass is 16.5. The number of hydrogen-bond donors (Lipinski definition) is 0. The molecule has 0 spiro atoms. The van der Waals surface area contributed by atoms with Gasteiger partial charge in [0.05, 0.1) is 17.5 Å². The summed E-state index contributed by atoms with van der Waals surface area (Å²) in [5, 5.41) is 0. The smallest absolute Gasteiger partial charge is 0.237 e. The molecule has 4 nitrogen and oxygen atoms in total. The summed E-state index contributed by atoms with van der Waals surface area (Å²) in [4.78, 5) is 27.1. The lowest BCUT2D eigenvalue weighted by atomic mass is 9.81. The van der Waals surface area contributed by atoms with E-state index in [0.717, 1.165) is 25.0 Å². The van der Waals surface area contributed by atoms with Gasteiger partial charge in [-0.1, -0.05) is 18.2 Å². The van der Waals surface area contributed by atoms with E-state index in [-0.39, 0.29) is 23.7 Å². The standard InChI is InChI=1S/C21H19NO3/c23-20-18-13-6-7-14(12-13)19(18)21(24)22(20)15-8-10-17(11-9-15)25-16-4-2-1-3-5-16/h1-5,8-11,13-14,18-19H,6-7,12H2/t13-,14+,18-,19+. The first-order chi connectivity index (χ1) is 12.2. The minimum atomic E-state index is -0.0773. The number of imide groups is 1. The molecule has 4 heteroatoms. The maximum atomic E-state index is 12.8. The number of carbonyl (C=O) groups is 2. The van der Waals surface area contributed by atoms with Crippen LogP contribution < -0.4 is 9.64 Å². The van der Waals surface area contributed by atoms with Gasteiger partial charge in [-0.05, 0) is 67.5 Å². The van der Waals surface area contributed by atoms with Crippen LogP contribution in [0.1, 0.15) is 19.3 Å². The Morgan fingerprint density at radius 1 is 0.760 bits per heavy atom. The van der Waals surface area contributed by atoms with Crippen LogP contribution in [0.15, 0.2) is 54.6 Å². The van der Waals surface area contributed by atoms with Crippen LogP contribution in [0.5, 0.6) is 11.5 Å². The normalized spacial score (nSPS) is 30.0. The van der Waals surface area contributed by atoms with Crippen molar-refractivity contribution in [3.8, 4) is 11.5 Å². The average Bonchev–Trinajstić information content (AvgIpc) is 3.31. The summed E-state index contributed by atoms with van der Waals surface area (Å²) in [7, 11) is 0. The van der Waals surface area contributed by atoms with E-state index in [2.05, 4.69) is 0 Å². The molecule has 25 heavy (non-hydrogen) atoms. The second kappa shape index (κ2) is 5.45. The lowest BCUT2D eigenvalue weighted by Gasteiger charge is -2.19. The molecule has 0 radical (unpaired) electrons. The molecule has 2 saturated carbocycles. The fourth-order valence-corrected chi connectivity index (χ4v) is 4.95. The van der Waals surface area contributed by atoms with Crippen molar-refractivity contribution < 1.29 is 14.3 Å². The van der Waals surface area contributed by atoms with Crippen LogP contribution in [0.2, 0.25) is 0 Å². The third-order valence-corrected chi connectivity index (χ3v) is 6.00. The molecular weight excluding hydrogens is 314 g/mol. The first-order valence-electron chi connectivity index (χ1n) is 8.93. The first kappa shape index (κ1) is 14.7. The number of ether oxygens (including phenoxy) is 1. The molecule has 1 aliphatic heterocycles. The Hall–Kier alpha value is -2.62. The van der Waals surface area contributed by atoms with Gasteiger partial charge in [-0.15, -0.1) is 0 Å². The maximum absolute atomic E-state index is 12.8. The lowest BCUT2D eigenvalue weighted by Crippen LogP contribution is -2.32. The molecule has 126 valence electrons. The van der Waals surface area contributed by atoms with Crippen LogP contribution in [0.4, 0.5) is 5.69 Å². The highest BCUT2D eigenvalue weighted by Crippen LogP contribution is 2.56. The molecule has 5 rings (SSSR count). The van der Waals surface area contributed by atoms with Crippen LogP contribution >= 0.6 is 0 Å².